The van der Waals surface area contributed by atoms with Gasteiger partial charge in [-0.3, -0.25) is 9.59 Å². The van der Waals surface area contributed by atoms with Crippen LogP contribution in [0.5, 0.6) is 11.5 Å². The Balaban J connectivity index is 1.59. The van der Waals surface area contributed by atoms with Gasteiger partial charge in [-0.05, 0) is 49.2 Å². The number of aromatic nitrogens is 2. The summed E-state index contributed by atoms with van der Waals surface area (Å²) in [5.41, 5.74) is 3.92. The molecule has 0 bridgehead atoms. The van der Waals surface area contributed by atoms with Crippen molar-refractivity contribution in [1.29, 1.82) is 0 Å². The largest absolute Gasteiger partial charge is 0.481 e. The monoisotopic (exact) mass is 394 g/mol. The number of fused-ring (bicyclic) bond motifs is 3. The molecular weight excluding hydrogens is 372 g/mol. The Bertz CT molecular complexity index is 1100. The van der Waals surface area contributed by atoms with Gasteiger partial charge in [-0.25, -0.2) is 4.98 Å². The van der Waals surface area contributed by atoms with Crippen molar-refractivity contribution >= 4 is 28.9 Å². The molecule has 3 N–H and O–H groups in total. The summed E-state index contributed by atoms with van der Waals surface area (Å²) >= 11 is 0. The lowest BCUT2D eigenvalue weighted by Gasteiger charge is -2.14. The van der Waals surface area contributed by atoms with Crippen molar-refractivity contribution in [3.8, 4) is 11.5 Å². The summed E-state index contributed by atoms with van der Waals surface area (Å²) in [5, 5.41) is 14.6. The molecule has 0 aliphatic carbocycles. The van der Waals surface area contributed by atoms with E-state index in [-0.39, 0.29) is 18.9 Å². The molecule has 1 amide bonds. The first-order valence-corrected chi connectivity index (χ1v) is 9.46. The third-order valence-corrected chi connectivity index (χ3v) is 4.92. The molecule has 0 atom stereocenters. The average molecular weight is 394 g/mol. The number of carboxylic acid groups (broad SMARTS) is 1. The van der Waals surface area contributed by atoms with Gasteiger partial charge in [0.1, 0.15) is 11.3 Å². The molecule has 0 saturated carbocycles. The molecule has 3 aromatic rings. The predicted molar refractivity (Wildman–Crippen MR) is 109 cm³/mol. The number of carbonyl (C=O) groups is 2. The number of benzene rings is 2. The van der Waals surface area contributed by atoms with Gasteiger partial charge in [0, 0.05) is 25.2 Å². The van der Waals surface area contributed by atoms with Crippen LogP contribution in [0.3, 0.4) is 0 Å². The van der Waals surface area contributed by atoms with E-state index >= 15 is 0 Å². The van der Waals surface area contributed by atoms with Crippen LogP contribution in [-0.4, -0.2) is 39.6 Å². The summed E-state index contributed by atoms with van der Waals surface area (Å²) in [6.07, 6.45) is -0.113. The number of imidazole rings is 1. The summed E-state index contributed by atoms with van der Waals surface area (Å²) in [6, 6.07) is 9.34. The van der Waals surface area contributed by atoms with Crippen LogP contribution in [0.25, 0.3) is 11.0 Å². The molecule has 1 aliphatic heterocycles. The molecule has 1 aromatic heterocycles. The van der Waals surface area contributed by atoms with Gasteiger partial charge in [0.05, 0.1) is 11.9 Å². The predicted octanol–water partition coefficient (Wildman–Crippen LogP) is 3.08. The van der Waals surface area contributed by atoms with E-state index in [2.05, 4.69) is 20.2 Å². The molecule has 0 saturated heterocycles. The van der Waals surface area contributed by atoms with Crippen LogP contribution in [0.4, 0.5) is 5.95 Å². The molecule has 2 aromatic carbocycles. The highest BCUT2D eigenvalue weighted by Crippen LogP contribution is 2.35. The van der Waals surface area contributed by atoms with Gasteiger partial charge in [-0.1, -0.05) is 6.07 Å². The third kappa shape index (κ3) is 3.61. The number of hydrogen-bond acceptors (Lipinski definition) is 5. The highest BCUT2D eigenvalue weighted by molar-refractivity contribution is 5.95. The van der Waals surface area contributed by atoms with Crippen molar-refractivity contribution in [3.05, 3.63) is 47.0 Å². The van der Waals surface area contributed by atoms with E-state index in [9.17, 15) is 9.59 Å². The van der Waals surface area contributed by atoms with Crippen molar-refractivity contribution in [2.45, 2.75) is 26.8 Å². The molecule has 0 spiro atoms. The van der Waals surface area contributed by atoms with E-state index in [0.717, 1.165) is 41.2 Å². The van der Waals surface area contributed by atoms with Gasteiger partial charge >= 0.3 is 5.97 Å². The van der Waals surface area contributed by atoms with Crippen LogP contribution in [0.15, 0.2) is 30.3 Å². The van der Waals surface area contributed by atoms with E-state index in [1.807, 2.05) is 32.0 Å². The lowest BCUT2D eigenvalue weighted by atomic mass is 10.0. The standard InChI is InChI=1S/C21H22N4O4/c1-12-10-14(20(28)22-7-6-17(26)27)11-13(2)19(12)29-16-5-3-4-15-18(16)24-21-23-8-9-25(15)21/h3-5,10-11H,6-9H2,1-2H3,(H,22,28)(H,23,24)(H,26,27). The Hall–Kier alpha value is -3.55. The molecule has 4 rings (SSSR count). The highest BCUT2D eigenvalue weighted by Gasteiger charge is 2.19. The Morgan fingerprint density at radius 1 is 1.28 bits per heavy atom. The van der Waals surface area contributed by atoms with Gasteiger partial charge in [-0.2, -0.15) is 0 Å². The molecule has 2 heterocycles. The summed E-state index contributed by atoms with van der Waals surface area (Å²) in [4.78, 5) is 27.6. The topological polar surface area (TPSA) is 105 Å². The number of rotatable bonds is 6. The van der Waals surface area contributed by atoms with Crippen LogP contribution in [0, 0.1) is 13.8 Å². The number of para-hydroxylation sites is 1. The first-order chi connectivity index (χ1) is 13.9. The van der Waals surface area contributed by atoms with Crippen molar-refractivity contribution in [1.82, 2.24) is 14.9 Å². The Kier molecular flexibility index (Phi) is 4.84. The molecule has 0 unspecified atom stereocenters. The van der Waals surface area contributed by atoms with Crippen molar-refractivity contribution in [2.24, 2.45) is 0 Å². The number of aliphatic carboxylic acids is 1. The van der Waals surface area contributed by atoms with E-state index in [0.29, 0.717) is 17.1 Å². The Morgan fingerprint density at radius 3 is 2.76 bits per heavy atom. The van der Waals surface area contributed by atoms with E-state index in [4.69, 9.17) is 9.84 Å². The summed E-state index contributed by atoms with van der Waals surface area (Å²) < 4.78 is 8.36. The zero-order valence-electron chi connectivity index (χ0n) is 16.3. The summed E-state index contributed by atoms with van der Waals surface area (Å²) in [7, 11) is 0. The Morgan fingerprint density at radius 2 is 2.03 bits per heavy atom. The number of ether oxygens (including phenoxy) is 1. The molecule has 0 fully saturated rings. The smallest absolute Gasteiger partial charge is 0.305 e. The minimum absolute atomic E-state index is 0.0888. The number of aryl methyl sites for hydroxylation is 2. The highest BCUT2D eigenvalue weighted by atomic mass is 16.5. The zero-order valence-corrected chi connectivity index (χ0v) is 16.3. The van der Waals surface area contributed by atoms with Crippen molar-refractivity contribution < 1.29 is 19.4 Å². The van der Waals surface area contributed by atoms with Gasteiger partial charge in [-0.15, -0.1) is 0 Å². The molecule has 0 radical (unpaired) electrons. The van der Waals surface area contributed by atoms with Gasteiger partial charge in [0.2, 0.25) is 5.95 Å². The minimum atomic E-state index is -0.948. The normalized spacial score (nSPS) is 12.5. The maximum absolute atomic E-state index is 12.3. The molecule has 150 valence electrons. The van der Waals surface area contributed by atoms with Crippen LogP contribution in [0.2, 0.25) is 0 Å². The molecule has 29 heavy (non-hydrogen) atoms. The first-order valence-electron chi connectivity index (χ1n) is 9.46. The second-order valence-corrected chi connectivity index (χ2v) is 7.08. The second-order valence-electron chi connectivity index (χ2n) is 7.08. The maximum Gasteiger partial charge on any atom is 0.305 e. The van der Waals surface area contributed by atoms with Crippen LogP contribution < -0.4 is 15.4 Å². The van der Waals surface area contributed by atoms with Gasteiger partial charge < -0.3 is 25.0 Å². The van der Waals surface area contributed by atoms with E-state index < -0.39 is 5.97 Å². The maximum atomic E-state index is 12.3. The minimum Gasteiger partial charge on any atom is -0.481 e. The fourth-order valence-electron chi connectivity index (χ4n) is 3.58. The van der Waals surface area contributed by atoms with Gasteiger partial charge in [0.25, 0.3) is 5.91 Å². The second kappa shape index (κ2) is 7.46. The van der Waals surface area contributed by atoms with Crippen molar-refractivity contribution in [2.75, 3.05) is 18.4 Å². The average Bonchev–Trinajstić information content (AvgIpc) is 3.26. The molecular formula is C21H22N4O4. The van der Waals surface area contributed by atoms with Crippen LogP contribution in [-0.2, 0) is 11.3 Å². The quantitative estimate of drug-likeness (QED) is 0.593. The third-order valence-electron chi connectivity index (χ3n) is 4.92. The number of anilines is 1. The number of nitrogens with one attached hydrogen (secondary N) is 2. The number of nitrogens with zero attached hydrogens (tertiary/aromatic N) is 2. The first kappa shape index (κ1) is 18.8. The lowest BCUT2D eigenvalue weighted by molar-refractivity contribution is -0.136. The molecule has 1 aliphatic rings. The van der Waals surface area contributed by atoms with E-state index in [1.165, 1.54) is 0 Å². The fraction of sp³-hybridized carbons (Fsp3) is 0.286. The SMILES string of the molecule is Cc1cc(C(=O)NCCC(=O)O)cc(C)c1Oc1cccc2c1nc1n2CCN1. The number of hydrogen-bond donors (Lipinski definition) is 3. The number of amides is 1. The molecule has 8 heteroatoms. The summed E-state index contributed by atoms with van der Waals surface area (Å²) in [6.45, 7) is 5.60. The number of carboxylic acids is 1. The van der Waals surface area contributed by atoms with Crippen LogP contribution in [0.1, 0.15) is 27.9 Å². The Labute approximate surface area is 167 Å². The molecule has 8 nitrogen and oxygen atoms in total. The van der Waals surface area contributed by atoms with Gasteiger partial charge in [0.15, 0.2) is 5.75 Å². The van der Waals surface area contributed by atoms with E-state index in [1.54, 1.807) is 12.1 Å². The van der Waals surface area contributed by atoms with Crippen LogP contribution >= 0.6 is 0 Å². The fourth-order valence-corrected chi connectivity index (χ4v) is 3.58. The lowest BCUT2D eigenvalue weighted by Crippen LogP contribution is -2.26. The zero-order chi connectivity index (χ0) is 20.5. The van der Waals surface area contributed by atoms with Crippen molar-refractivity contribution in [3.63, 3.8) is 0 Å². The number of carbonyl (C=O) groups excluding carboxylic acids is 1. The summed E-state index contributed by atoms with van der Waals surface area (Å²) in [5.74, 6) is 0.938.